The molecule has 0 bridgehead atoms. The zero-order chi connectivity index (χ0) is 14.8. The number of nitrogen functional groups attached to an aromatic ring is 1. The van der Waals surface area contributed by atoms with E-state index in [1.807, 2.05) is 0 Å². The lowest BCUT2D eigenvalue weighted by molar-refractivity contribution is 0.403. The van der Waals surface area contributed by atoms with Crippen molar-refractivity contribution in [1.82, 2.24) is 4.98 Å². The highest BCUT2D eigenvalue weighted by Crippen LogP contribution is 2.28. The third-order valence-electron chi connectivity index (χ3n) is 2.46. The van der Waals surface area contributed by atoms with E-state index in [1.54, 1.807) is 6.07 Å². The molecule has 0 aliphatic heterocycles. The number of sulfonamides is 1. The molecule has 0 spiro atoms. The fraction of sp³-hybridized carbons (Fsp3) is 0.0833. The zero-order valence-corrected chi connectivity index (χ0v) is 12.1. The Morgan fingerprint density at radius 2 is 2.05 bits per heavy atom. The van der Waals surface area contributed by atoms with Gasteiger partial charge in [-0.1, -0.05) is 11.6 Å². The van der Waals surface area contributed by atoms with Gasteiger partial charge in [0.05, 0.1) is 12.8 Å². The number of nitrogens with zero attached hydrogens (tertiary/aromatic N) is 1. The molecule has 1 heterocycles. The van der Waals surface area contributed by atoms with Gasteiger partial charge in [0.2, 0.25) is 0 Å². The maximum atomic E-state index is 12.3. The summed E-state index contributed by atoms with van der Waals surface area (Å²) in [5.74, 6) is 0.201. The molecule has 0 atom stereocenters. The van der Waals surface area contributed by atoms with E-state index in [1.165, 1.54) is 37.6 Å². The third kappa shape index (κ3) is 3.12. The molecule has 0 saturated heterocycles. The van der Waals surface area contributed by atoms with Crippen molar-refractivity contribution in [3.05, 3.63) is 41.7 Å². The smallest absolute Gasteiger partial charge is 0.265 e. The molecule has 0 amide bonds. The maximum absolute atomic E-state index is 12.3. The SMILES string of the molecule is COc1ccc(N)cc1S(=O)(=O)Nc1ccnc(Cl)c1. The summed E-state index contributed by atoms with van der Waals surface area (Å²) in [6.07, 6.45) is 1.40. The number of aromatic nitrogens is 1. The van der Waals surface area contributed by atoms with Gasteiger partial charge < -0.3 is 10.5 Å². The number of hydrogen-bond acceptors (Lipinski definition) is 5. The summed E-state index contributed by atoms with van der Waals surface area (Å²) in [6, 6.07) is 7.26. The standard InChI is InChI=1S/C12H12ClN3O3S/c1-19-10-3-2-8(14)6-11(10)20(17,18)16-9-4-5-15-12(13)7-9/h2-7H,14H2,1H3,(H,15,16). The quantitative estimate of drug-likeness (QED) is 0.666. The first-order chi connectivity index (χ1) is 9.42. The lowest BCUT2D eigenvalue weighted by Gasteiger charge is -2.12. The Bertz CT molecular complexity index is 734. The lowest BCUT2D eigenvalue weighted by Crippen LogP contribution is -2.14. The van der Waals surface area contributed by atoms with Gasteiger partial charge in [-0.3, -0.25) is 4.72 Å². The second-order valence-electron chi connectivity index (χ2n) is 3.88. The summed E-state index contributed by atoms with van der Waals surface area (Å²) in [6.45, 7) is 0. The van der Waals surface area contributed by atoms with E-state index in [4.69, 9.17) is 22.1 Å². The molecule has 0 aliphatic rings. The van der Waals surface area contributed by atoms with Crippen molar-refractivity contribution in [2.24, 2.45) is 0 Å². The maximum Gasteiger partial charge on any atom is 0.265 e. The molecule has 106 valence electrons. The van der Waals surface area contributed by atoms with Crippen molar-refractivity contribution in [3.8, 4) is 5.75 Å². The minimum absolute atomic E-state index is 0.0482. The average Bonchev–Trinajstić information content (AvgIpc) is 2.38. The third-order valence-corrected chi connectivity index (χ3v) is 4.07. The van der Waals surface area contributed by atoms with Crippen LogP contribution >= 0.6 is 11.6 Å². The molecule has 1 aromatic heterocycles. The Balaban J connectivity index is 2.43. The van der Waals surface area contributed by atoms with Gasteiger partial charge >= 0.3 is 0 Å². The molecule has 20 heavy (non-hydrogen) atoms. The Morgan fingerprint density at radius 3 is 2.70 bits per heavy atom. The van der Waals surface area contributed by atoms with E-state index >= 15 is 0 Å². The predicted molar refractivity (Wildman–Crippen MR) is 77.5 cm³/mol. The van der Waals surface area contributed by atoms with Crippen LogP contribution in [0.2, 0.25) is 5.15 Å². The van der Waals surface area contributed by atoms with Gasteiger partial charge in [0, 0.05) is 11.9 Å². The van der Waals surface area contributed by atoms with Crippen molar-refractivity contribution in [2.75, 3.05) is 17.6 Å². The second kappa shape index (κ2) is 5.56. The summed E-state index contributed by atoms with van der Waals surface area (Å²) in [7, 11) is -2.45. The Kier molecular flexibility index (Phi) is 4.01. The monoisotopic (exact) mass is 313 g/mol. The van der Waals surface area contributed by atoms with Gasteiger partial charge in [0.1, 0.15) is 15.8 Å². The number of halogens is 1. The van der Waals surface area contributed by atoms with Crippen LogP contribution in [0, 0.1) is 0 Å². The van der Waals surface area contributed by atoms with Crippen LogP contribution in [-0.4, -0.2) is 20.5 Å². The largest absolute Gasteiger partial charge is 0.495 e. The second-order valence-corrected chi connectivity index (χ2v) is 5.92. The first-order valence-corrected chi connectivity index (χ1v) is 7.36. The molecule has 0 fully saturated rings. The van der Waals surface area contributed by atoms with Crippen molar-refractivity contribution < 1.29 is 13.2 Å². The van der Waals surface area contributed by atoms with Crippen LogP contribution in [0.4, 0.5) is 11.4 Å². The van der Waals surface area contributed by atoms with Gasteiger partial charge in [-0.2, -0.15) is 0 Å². The van der Waals surface area contributed by atoms with E-state index in [-0.39, 0.29) is 15.8 Å². The minimum Gasteiger partial charge on any atom is -0.495 e. The number of benzene rings is 1. The molecule has 0 saturated carbocycles. The number of hydrogen-bond donors (Lipinski definition) is 2. The number of rotatable bonds is 4. The van der Waals surface area contributed by atoms with E-state index in [0.29, 0.717) is 11.4 Å². The van der Waals surface area contributed by atoms with Gasteiger partial charge in [0.25, 0.3) is 10.0 Å². The minimum atomic E-state index is -3.84. The molecule has 3 N–H and O–H groups in total. The molecule has 2 aromatic rings. The summed E-state index contributed by atoms with van der Waals surface area (Å²) < 4.78 is 32.1. The summed E-state index contributed by atoms with van der Waals surface area (Å²) in [4.78, 5) is 3.73. The molecule has 0 radical (unpaired) electrons. The molecule has 0 aliphatic carbocycles. The number of nitrogens with one attached hydrogen (secondary N) is 1. The van der Waals surface area contributed by atoms with Crippen LogP contribution in [0.1, 0.15) is 0 Å². The van der Waals surface area contributed by atoms with Gasteiger partial charge in [-0.15, -0.1) is 0 Å². The number of ether oxygens (including phenoxy) is 1. The highest BCUT2D eigenvalue weighted by atomic mass is 35.5. The Labute approximate surface area is 121 Å². The van der Waals surface area contributed by atoms with Crippen molar-refractivity contribution >= 4 is 33.0 Å². The molecule has 8 heteroatoms. The topological polar surface area (TPSA) is 94.3 Å². The molecule has 0 unspecified atom stereocenters. The first kappa shape index (κ1) is 14.4. The molecule has 2 rings (SSSR count). The van der Waals surface area contributed by atoms with Crippen LogP contribution in [0.15, 0.2) is 41.4 Å². The van der Waals surface area contributed by atoms with Crippen LogP contribution in [0.5, 0.6) is 5.75 Å². The Morgan fingerprint density at radius 1 is 1.30 bits per heavy atom. The predicted octanol–water partition coefficient (Wildman–Crippen LogP) is 2.13. The summed E-state index contributed by atoms with van der Waals surface area (Å²) in [5.41, 5.74) is 6.24. The van der Waals surface area contributed by atoms with Gasteiger partial charge in [-0.25, -0.2) is 13.4 Å². The van der Waals surface area contributed by atoms with Gasteiger partial charge in [0.15, 0.2) is 0 Å². The van der Waals surface area contributed by atoms with E-state index in [9.17, 15) is 8.42 Å². The van der Waals surface area contributed by atoms with E-state index < -0.39 is 10.0 Å². The van der Waals surface area contributed by atoms with Crippen molar-refractivity contribution in [3.63, 3.8) is 0 Å². The average molecular weight is 314 g/mol. The molecule has 1 aromatic carbocycles. The fourth-order valence-corrected chi connectivity index (χ4v) is 3.01. The molecular weight excluding hydrogens is 302 g/mol. The fourth-order valence-electron chi connectivity index (χ4n) is 1.58. The first-order valence-electron chi connectivity index (χ1n) is 5.50. The van der Waals surface area contributed by atoms with Crippen LogP contribution in [0.3, 0.4) is 0 Å². The van der Waals surface area contributed by atoms with E-state index in [0.717, 1.165) is 0 Å². The summed E-state index contributed by atoms with van der Waals surface area (Å²) >= 11 is 5.71. The lowest BCUT2D eigenvalue weighted by atomic mass is 10.3. The van der Waals surface area contributed by atoms with Gasteiger partial charge in [-0.05, 0) is 30.3 Å². The normalized spacial score (nSPS) is 11.1. The van der Waals surface area contributed by atoms with Crippen molar-refractivity contribution in [1.29, 1.82) is 0 Å². The summed E-state index contributed by atoms with van der Waals surface area (Å²) in [5, 5.41) is 0.185. The zero-order valence-electron chi connectivity index (χ0n) is 10.5. The number of methoxy groups -OCH3 is 1. The number of nitrogens with two attached hydrogens (primary N) is 1. The number of pyridine rings is 1. The number of anilines is 2. The molecule has 6 nitrogen and oxygen atoms in total. The highest BCUT2D eigenvalue weighted by Gasteiger charge is 2.20. The van der Waals surface area contributed by atoms with Crippen LogP contribution in [-0.2, 0) is 10.0 Å². The van der Waals surface area contributed by atoms with Crippen LogP contribution in [0.25, 0.3) is 0 Å². The van der Waals surface area contributed by atoms with E-state index in [2.05, 4.69) is 9.71 Å². The highest BCUT2D eigenvalue weighted by molar-refractivity contribution is 7.92. The van der Waals surface area contributed by atoms with Crippen LogP contribution < -0.4 is 15.2 Å². The Hall–Kier alpha value is -1.99. The van der Waals surface area contributed by atoms with Crippen molar-refractivity contribution in [2.45, 2.75) is 4.90 Å². The molecular formula is C12H12ClN3O3S.